The predicted octanol–water partition coefficient (Wildman–Crippen LogP) is 2.44. The SMILES string of the molecule is CC(=O)NCCCNC(=O)N1C[C@@H](C)C[C@@H]1c1cccc(F)c1. The van der Waals surface area contributed by atoms with Crippen molar-refractivity contribution in [1.82, 2.24) is 15.5 Å². The zero-order valence-corrected chi connectivity index (χ0v) is 13.6. The van der Waals surface area contributed by atoms with Crippen molar-refractivity contribution in [3.8, 4) is 0 Å². The van der Waals surface area contributed by atoms with Crippen LogP contribution in [0, 0.1) is 11.7 Å². The van der Waals surface area contributed by atoms with Crippen molar-refractivity contribution in [3.05, 3.63) is 35.6 Å². The Hall–Kier alpha value is -2.11. The van der Waals surface area contributed by atoms with E-state index in [1.807, 2.05) is 6.07 Å². The summed E-state index contributed by atoms with van der Waals surface area (Å²) in [5, 5.41) is 5.57. The molecule has 1 aliphatic rings. The number of amides is 3. The van der Waals surface area contributed by atoms with Gasteiger partial charge >= 0.3 is 6.03 Å². The van der Waals surface area contributed by atoms with Crippen molar-refractivity contribution in [2.75, 3.05) is 19.6 Å². The van der Waals surface area contributed by atoms with Crippen LogP contribution < -0.4 is 10.6 Å². The quantitative estimate of drug-likeness (QED) is 0.818. The van der Waals surface area contributed by atoms with Crippen molar-refractivity contribution in [2.24, 2.45) is 5.92 Å². The van der Waals surface area contributed by atoms with E-state index in [4.69, 9.17) is 0 Å². The Bertz CT molecular complexity index is 565. The van der Waals surface area contributed by atoms with Crippen LogP contribution in [0.2, 0.25) is 0 Å². The normalized spacial score (nSPS) is 20.4. The second-order valence-electron chi connectivity index (χ2n) is 6.13. The van der Waals surface area contributed by atoms with E-state index in [9.17, 15) is 14.0 Å². The van der Waals surface area contributed by atoms with E-state index >= 15 is 0 Å². The second-order valence-corrected chi connectivity index (χ2v) is 6.13. The minimum Gasteiger partial charge on any atom is -0.356 e. The van der Waals surface area contributed by atoms with Crippen molar-refractivity contribution in [3.63, 3.8) is 0 Å². The van der Waals surface area contributed by atoms with Crippen LogP contribution in [0.3, 0.4) is 0 Å². The zero-order valence-electron chi connectivity index (χ0n) is 13.6. The standard InChI is InChI=1S/C17H24FN3O2/c1-12-9-16(14-5-3-6-15(18)10-14)21(11-12)17(23)20-8-4-7-19-13(2)22/h3,5-6,10,12,16H,4,7-9,11H2,1-2H3,(H,19,22)(H,20,23)/t12-,16+/m0/s1. The lowest BCUT2D eigenvalue weighted by atomic mass is 10.0. The number of carbonyl (C=O) groups excluding carboxylic acids is 2. The van der Waals surface area contributed by atoms with Gasteiger partial charge in [-0.3, -0.25) is 4.79 Å². The molecule has 0 radical (unpaired) electrons. The highest BCUT2D eigenvalue weighted by molar-refractivity contribution is 5.75. The fourth-order valence-electron chi connectivity index (χ4n) is 2.95. The average Bonchev–Trinajstić information content (AvgIpc) is 2.88. The summed E-state index contributed by atoms with van der Waals surface area (Å²) in [6, 6.07) is 6.23. The van der Waals surface area contributed by atoms with E-state index in [2.05, 4.69) is 17.6 Å². The van der Waals surface area contributed by atoms with Gasteiger partial charge in [0.15, 0.2) is 0 Å². The van der Waals surface area contributed by atoms with Gasteiger partial charge in [0.1, 0.15) is 5.82 Å². The molecule has 1 aliphatic heterocycles. The van der Waals surface area contributed by atoms with Crippen LogP contribution in [0.5, 0.6) is 0 Å². The molecule has 1 saturated heterocycles. The Morgan fingerprint density at radius 2 is 2.04 bits per heavy atom. The topological polar surface area (TPSA) is 61.4 Å². The average molecular weight is 321 g/mol. The first-order valence-corrected chi connectivity index (χ1v) is 8.01. The molecule has 5 nitrogen and oxygen atoms in total. The summed E-state index contributed by atoms with van der Waals surface area (Å²) in [5.74, 6) is 0.0296. The van der Waals surface area contributed by atoms with Gasteiger partial charge in [-0.1, -0.05) is 19.1 Å². The van der Waals surface area contributed by atoms with Crippen LogP contribution in [-0.2, 0) is 4.79 Å². The van der Waals surface area contributed by atoms with Gasteiger partial charge in [0.25, 0.3) is 0 Å². The maximum atomic E-state index is 13.4. The number of nitrogens with one attached hydrogen (secondary N) is 2. The third kappa shape index (κ3) is 4.94. The molecule has 1 heterocycles. The summed E-state index contributed by atoms with van der Waals surface area (Å²) >= 11 is 0. The van der Waals surface area contributed by atoms with E-state index in [0.29, 0.717) is 32.0 Å². The smallest absolute Gasteiger partial charge is 0.317 e. The van der Waals surface area contributed by atoms with Crippen LogP contribution >= 0.6 is 0 Å². The second kappa shape index (κ2) is 7.94. The number of hydrogen-bond donors (Lipinski definition) is 2. The number of urea groups is 1. The minimum absolute atomic E-state index is 0.0733. The molecule has 0 aromatic heterocycles. The number of rotatable bonds is 5. The molecule has 0 saturated carbocycles. The molecule has 1 aromatic rings. The first-order valence-electron chi connectivity index (χ1n) is 8.01. The summed E-state index contributed by atoms with van der Waals surface area (Å²) < 4.78 is 13.4. The Labute approximate surface area is 136 Å². The molecular formula is C17H24FN3O2. The Morgan fingerprint density at radius 3 is 2.74 bits per heavy atom. The Balaban J connectivity index is 1.91. The highest BCUT2D eigenvalue weighted by atomic mass is 19.1. The monoisotopic (exact) mass is 321 g/mol. The van der Waals surface area contributed by atoms with Gasteiger partial charge in [-0.2, -0.15) is 0 Å². The van der Waals surface area contributed by atoms with Crippen LogP contribution in [-0.4, -0.2) is 36.5 Å². The van der Waals surface area contributed by atoms with Gasteiger partial charge in [-0.25, -0.2) is 9.18 Å². The molecule has 3 amide bonds. The van der Waals surface area contributed by atoms with E-state index in [-0.39, 0.29) is 23.8 Å². The molecule has 1 fully saturated rings. The Kier molecular flexibility index (Phi) is 5.96. The van der Waals surface area contributed by atoms with Gasteiger partial charge in [-0.05, 0) is 36.5 Å². The molecule has 2 N–H and O–H groups in total. The molecule has 0 spiro atoms. The molecule has 0 unspecified atom stereocenters. The third-order valence-corrected chi connectivity index (χ3v) is 4.01. The van der Waals surface area contributed by atoms with Crippen LogP contribution in [0.1, 0.15) is 38.3 Å². The highest BCUT2D eigenvalue weighted by Crippen LogP contribution is 2.35. The van der Waals surface area contributed by atoms with Crippen molar-refractivity contribution >= 4 is 11.9 Å². The van der Waals surface area contributed by atoms with Crippen molar-refractivity contribution < 1.29 is 14.0 Å². The van der Waals surface area contributed by atoms with E-state index in [1.165, 1.54) is 19.1 Å². The zero-order chi connectivity index (χ0) is 16.8. The number of carbonyl (C=O) groups is 2. The lowest BCUT2D eigenvalue weighted by molar-refractivity contribution is -0.118. The first-order chi connectivity index (χ1) is 11.0. The number of hydrogen-bond acceptors (Lipinski definition) is 2. The van der Waals surface area contributed by atoms with E-state index in [0.717, 1.165) is 12.0 Å². The number of nitrogens with zero attached hydrogens (tertiary/aromatic N) is 1. The minimum atomic E-state index is -0.280. The first kappa shape index (κ1) is 17.2. The summed E-state index contributed by atoms with van der Waals surface area (Å²) in [5.41, 5.74) is 0.836. The van der Waals surface area contributed by atoms with Crippen LogP contribution in [0.25, 0.3) is 0 Å². The Morgan fingerprint density at radius 1 is 1.30 bits per heavy atom. The maximum absolute atomic E-state index is 13.4. The fourth-order valence-corrected chi connectivity index (χ4v) is 2.95. The lowest BCUT2D eigenvalue weighted by Gasteiger charge is -2.25. The molecule has 0 aliphatic carbocycles. The summed E-state index contributed by atoms with van der Waals surface area (Å²) in [7, 11) is 0. The van der Waals surface area contributed by atoms with Gasteiger partial charge in [0.05, 0.1) is 6.04 Å². The largest absolute Gasteiger partial charge is 0.356 e. The van der Waals surface area contributed by atoms with E-state index < -0.39 is 0 Å². The molecule has 126 valence electrons. The molecule has 2 atom stereocenters. The van der Waals surface area contributed by atoms with Gasteiger partial charge in [-0.15, -0.1) is 0 Å². The van der Waals surface area contributed by atoms with Crippen molar-refractivity contribution in [2.45, 2.75) is 32.7 Å². The highest BCUT2D eigenvalue weighted by Gasteiger charge is 2.34. The molecule has 23 heavy (non-hydrogen) atoms. The third-order valence-electron chi connectivity index (χ3n) is 4.01. The maximum Gasteiger partial charge on any atom is 0.317 e. The number of halogens is 1. The van der Waals surface area contributed by atoms with Crippen molar-refractivity contribution in [1.29, 1.82) is 0 Å². The summed E-state index contributed by atoms with van der Waals surface area (Å²) in [4.78, 5) is 24.9. The fraction of sp³-hybridized carbons (Fsp3) is 0.529. The molecule has 2 rings (SSSR count). The molecule has 1 aromatic carbocycles. The summed E-state index contributed by atoms with van der Waals surface area (Å²) in [6.45, 7) is 5.27. The molecule has 6 heteroatoms. The summed E-state index contributed by atoms with van der Waals surface area (Å²) in [6.07, 6.45) is 1.52. The van der Waals surface area contributed by atoms with Gasteiger partial charge in [0, 0.05) is 26.6 Å². The van der Waals surface area contributed by atoms with Crippen LogP contribution in [0.4, 0.5) is 9.18 Å². The molecular weight excluding hydrogens is 297 g/mol. The van der Waals surface area contributed by atoms with Crippen LogP contribution in [0.15, 0.2) is 24.3 Å². The van der Waals surface area contributed by atoms with Gasteiger partial charge < -0.3 is 15.5 Å². The van der Waals surface area contributed by atoms with E-state index in [1.54, 1.807) is 11.0 Å². The number of benzene rings is 1. The molecule has 0 bridgehead atoms. The lowest BCUT2D eigenvalue weighted by Crippen LogP contribution is -2.40. The van der Waals surface area contributed by atoms with Gasteiger partial charge in [0.2, 0.25) is 5.91 Å². The predicted molar refractivity (Wildman–Crippen MR) is 86.3 cm³/mol. The number of likely N-dealkylation sites (tertiary alicyclic amines) is 1.